The zero-order valence-corrected chi connectivity index (χ0v) is 11.9. The maximum Gasteiger partial charge on any atom is 0.310 e. The summed E-state index contributed by atoms with van der Waals surface area (Å²) in [5.41, 5.74) is 0.263. The van der Waals surface area contributed by atoms with Crippen molar-refractivity contribution in [3.05, 3.63) is 69.2 Å². The highest BCUT2D eigenvalue weighted by Crippen LogP contribution is 2.27. The molecule has 0 aliphatic heterocycles. The summed E-state index contributed by atoms with van der Waals surface area (Å²) in [5.74, 6) is -0.206. The van der Waals surface area contributed by atoms with E-state index >= 15 is 0 Å². The third-order valence-electron chi connectivity index (χ3n) is 2.86. The van der Waals surface area contributed by atoms with Gasteiger partial charge in [-0.05, 0) is 37.3 Å². The van der Waals surface area contributed by atoms with Gasteiger partial charge in [-0.25, -0.2) is 0 Å². The number of carbonyl (C=O) groups is 1. The van der Waals surface area contributed by atoms with Crippen LogP contribution < -0.4 is 4.74 Å². The maximum absolute atomic E-state index is 12.2. The molecule has 0 bridgehead atoms. The number of nitrogens with zero attached hydrogens (tertiary/aromatic N) is 1. The van der Waals surface area contributed by atoms with Crippen LogP contribution in [0.25, 0.3) is 0 Å². The first-order valence-corrected chi connectivity index (χ1v) is 6.56. The van der Waals surface area contributed by atoms with E-state index < -0.39 is 11.0 Å². The van der Waals surface area contributed by atoms with E-state index in [4.69, 9.17) is 16.3 Å². The zero-order valence-electron chi connectivity index (χ0n) is 11.2. The molecular weight excluding hydrogens is 294 g/mol. The Bertz CT molecular complexity index is 670. The van der Waals surface area contributed by atoms with E-state index in [0.29, 0.717) is 10.6 Å². The Morgan fingerprint density at radius 2 is 1.81 bits per heavy atom. The van der Waals surface area contributed by atoms with Crippen LogP contribution in [0, 0.1) is 10.1 Å². The summed E-state index contributed by atoms with van der Waals surface area (Å²) in [7, 11) is 0. The first-order chi connectivity index (χ1) is 9.99. The van der Waals surface area contributed by atoms with Crippen molar-refractivity contribution >= 4 is 23.1 Å². The maximum atomic E-state index is 12.2. The monoisotopic (exact) mass is 305 g/mol. The Morgan fingerprint density at radius 3 is 2.43 bits per heavy atom. The van der Waals surface area contributed by atoms with Crippen LogP contribution in [-0.2, 0) is 0 Å². The summed E-state index contributed by atoms with van der Waals surface area (Å²) in [6.07, 6.45) is -0.840. The van der Waals surface area contributed by atoms with Gasteiger partial charge in [-0.3, -0.25) is 14.9 Å². The molecule has 0 radical (unpaired) electrons. The average molecular weight is 306 g/mol. The van der Waals surface area contributed by atoms with E-state index in [1.54, 1.807) is 37.3 Å². The van der Waals surface area contributed by atoms with Crippen LogP contribution in [0.2, 0.25) is 5.02 Å². The molecule has 0 fully saturated rings. The minimum absolute atomic E-state index is 0.0670. The molecular formula is C15H12ClNO4. The number of benzene rings is 2. The summed E-state index contributed by atoms with van der Waals surface area (Å²) in [4.78, 5) is 22.6. The Labute approximate surface area is 126 Å². The van der Waals surface area contributed by atoms with Gasteiger partial charge < -0.3 is 4.74 Å². The number of halogens is 1. The van der Waals surface area contributed by atoms with E-state index in [-0.39, 0.29) is 17.2 Å². The summed E-state index contributed by atoms with van der Waals surface area (Å²) < 4.78 is 5.43. The minimum Gasteiger partial charge on any atom is -0.475 e. The summed E-state index contributed by atoms with van der Waals surface area (Å²) >= 11 is 5.76. The largest absolute Gasteiger partial charge is 0.475 e. The van der Waals surface area contributed by atoms with Gasteiger partial charge in [0.25, 0.3) is 0 Å². The molecule has 0 aliphatic rings. The quantitative estimate of drug-likeness (QED) is 0.477. The first kappa shape index (κ1) is 15.0. The van der Waals surface area contributed by atoms with Crippen LogP contribution >= 0.6 is 11.6 Å². The summed E-state index contributed by atoms with van der Waals surface area (Å²) in [5, 5.41) is 11.4. The fraction of sp³-hybridized carbons (Fsp3) is 0.133. The second-order valence-electron chi connectivity index (χ2n) is 4.36. The zero-order chi connectivity index (χ0) is 15.4. The highest BCUT2D eigenvalue weighted by atomic mass is 35.5. The van der Waals surface area contributed by atoms with Crippen molar-refractivity contribution in [2.75, 3.05) is 0 Å². The number of nitro benzene ring substituents is 1. The van der Waals surface area contributed by atoms with Crippen LogP contribution in [0.15, 0.2) is 48.5 Å². The molecule has 0 amide bonds. The van der Waals surface area contributed by atoms with Crippen molar-refractivity contribution in [3.63, 3.8) is 0 Å². The molecule has 0 aromatic heterocycles. The van der Waals surface area contributed by atoms with E-state index in [2.05, 4.69) is 0 Å². The van der Waals surface area contributed by atoms with Crippen LogP contribution in [0.3, 0.4) is 0 Å². The van der Waals surface area contributed by atoms with Crippen LogP contribution in [0.1, 0.15) is 17.3 Å². The van der Waals surface area contributed by atoms with Gasteiger partial charge in [-0.1, -0.05) is 23.7 Å². The number of rotatable bonds is 5. The van der Waals surface area contributed by atoms with Gasteiger partial charge in [0.1, 0.15) is 0 Å². The van der Waals surface area contributed by atoms with Gasteiger partial charge in [-0.2, -0.15) is 0 Å². The van der Waals surface area contributed by atoms with Crippen molar-refractivity contribution < 1.29 is 14.5 Å². The lowest BCUT2D eigenvalue weighted by Gasteiger charge is -2.13. The number of para-hydroxylation sites is 2. The molecule has 5 nitrogen and oxygen atoms in total. The smallest absolute Gasteiger partial charge is 0.310 e. The van der Waals surface area contributed by atoms with Crippen molar-refractivity contribution in [3.8, 4) is 5.75 Å². The highest BCUT2D eigenvalue weighted by molar-refractivity contribution is 6.30. The molecule has 6 heteroatoms. The molecule has 0 aliphatic carbocycles. The number of hydrogen-bond donors (Lipinski definition) is 0. The van der Waals surface area contributed by atoms with Gasteiger partial charge in [-0.15, -0.1) is 0 Å². The molecule has 2 aromatic rings. The predicted molar refractivity (Wildman–Crippen MR) is 79.0 cm³/mol. The molecule has 1 atom stereocenters. The van der Waals surface area contributed by atoms with Crippen molar-refractivity contribution in [1.82, 2.24) is 0 Å². The molecule has 0 spiro atoms. The SMILES string of the molecule is CC(Oc1ccccc1[N+](=O)[O-])C(=O)c1ccc(Cl)cc1. The van der Waals surface area contributed by atoms with Gasteiger partial charge in [0.15, 0.2) is 11.9 Å². The van der Waals surface area contributed by atoms with Gasteiger partial charge in [0.2, 0.25) is 5.78 Å². The average Bonchev–Trinajstić information content (AvgIpc) is 2.47. The molecule has 2 rings (SSSR count). The van der Waals surface area contributed by atoms with Crippen molar-refractivity contribution in [1.29, 1.82) is 0 Å². The topological polar surface area (TPSA) is 69.4 Å². The van der Waals surface area contributed by atoms with Crippen LogP contribution in [0.4, 0.5) is 5.69 Å². The third-order valence-corrected chi connectivity index (χ3v) is 3.12. The van der Waals surface area contributed by atoms with E-state index in [1.807, 2.05) is 0 Å². The molecule has 1 unspecified atom stereocenters. The first-order valence-electron chi connectivity index (χ1n) is 6.19. The molecule has 0 N–H and O–H groups in total. The second kappa shape index (κ2) is 6.37. The Morgan fingerprint density at radius 1 is 1.19 bits per heavy atom. The number of nitro groups is 1. The standard InChI is InChI=1S/C15H12ClNO4/c1-10(15(18)11-6-8-12(16)9-7-11)21-14-5-3-2-4-13(14)17(19)20/h2-10H,1H3. The second-order valence-corrected chi connectivity index (χ2v) is 4.79. The van der Waals surface area contributed by atoms with Gasteiger partial charge in [0, 0.05) is 16.7 Å². The number of ketones is 1. The number of ether oxygens (including phenoxy) is 1. The van der Waals surface area contributed by atoms with Crippen molar-refractivity contribution in [2.24, 2.45) is 0 Å². The number of carbonyl (C=O) groups excluding carboxylic acids is 1. The Kier molecular flexibility index (Phi) is 4.55. The molecule has 2 aromatic carbocycles. The minimum atomic E-state index is -0.840. The van der Waals surface area contributed by atoms with Crippen molar-refractivity contribution in [2.45, 2.75) is 13.0 Å². The molecule has 0 heterocycles. The lowest BCUT2D eigenvalue weighted by Crippen LogP contribution is -2.24. The van der Waals surface area contributed by atoms with E-state index in [0.717, 1.165) is 0 Å². The van der Waals surface area contributed by atoms with E-state index in [1.165, 1.54) is 18.2 Å². The fourth-order valence-electron chi connectivity index (χ4n) is 1.80. The Hall–Kier alpha value is -2.40. The highest BCUT2D eigenvalue weighted by Gasteiger charge is 2.21. The number of Topliss-reactive ketones (excluding diaryl/α,β-unsaturated/α-hetero) is 1. The normalized spacial score (nSPS) is 11.7. The lowest BCUT2D eigenvalue weighted by molar-refractivity contribution is -0.386. The third kappa shape index (κ3) is 3.58. The fourth-order valence-corrected chi connectivity index (χ4v) is 1.93. The number of hydrogen-bond acceptors (Lipinski definition) is 4. The Balaban J connectivity index is 2.18. The summed E-state index contributed by atoms with van der Waals surface area (Å²) in [6, 6.07) is 12.3. The van der Waals surface area contributed by atoms with E-state index in [9.17, 15) is 14.9 Å². The lowest BCUT2D eigenvalue weighted by atomic mass is 10.1. The van der Waals surface area contributed by atoms with Crippen LogP contribution in [-0.4, -0.2) is 16.8 Å². The molecule has 0 saturated carbocycles. The predicted octanol–water partition coefficient (Wildman–Crippen LogP) is 3.90. The van der Waals surface area contributed by atoms with Crippen LogP contribution in [0.5, 0.6) is 5.75 Å². The van der Waals surface area contributed by atoms with Gasteiger partial charge in [0.05, 0.1) is 4.92 Å². The molecule has 0 saturated heterocycles. The van der Waals surface area contributed by atoms with Gasteiger partial charge >= 0.3 is 5.69 Å². The molecule has 21 heavy (non-hydrogen) atoms. The molecule has 108 valence electrons. The summed E-state index contributed by atoms with van der Waals surface area (Å²) in [6.45, 7) is 1.55.